The maximum absolute atomic E-state index is 4.85. The van der Waals surface area contributed by atoms with Gasteiger partial charge in [0.1, 0.15) is 0 Å². The third-order valence-corrected chi connectivity index (χ3v) is 5.14. The van der Waals surface area contributed by atoms with E-state index in [2.05, 4.69) is 55.5 Å². The van der Waals surface area contributed by atoms with Crippen LogP contribution in [0.4, 0.5) is 5.13 Å². The predicted octanol–water partition coefficient (Wildman–Crippen LogP) is 4.07. The average Bonchev–Trinajstić information content (AvgIpc) is 3.04. The van der Waals surface area contributed by atoms with Crippen molar-refractivity contribution in [2.75, 3.05) is 18.5 Å². The second kappa shape index (κ2) is 7.20. The summed E-state index contributed by atoms with van der Waals surface area (Å²) in [4.78, 5) is 9.85. The number of hydrogen-bond donors (Lipinski definition) is 1. The van der Waals surface area contributed by atoms with Gasteiger partial charge in [-0.15, -0.1) is 22.7 Å². The number of aromatic nitrogens is 1. The van der Waals surface area contributed by atoms with E-state index in [1.807, 2.05) is 11.3 Å². The van der Waals surface area contributed by atoms with E-state index in [9.17, 15) is 0 Å². The fourth-order valence-corrected chi connectivity index (χ4v) is 3.94. The molecule has 20 heavy (non-hydrogen) atoms. The Balaban J connectivity index is 2.14. The first kappa shape index (κ1) is 15.5. The smallest absolute Gasteiger partial charge is 0.185 e. The van der Waals surface area contributed by atoms with Crippen LogP contribution in [-0.4, -0.2) is 18.6 Å². The van der Waals surface area contributed by atoms with Gasteiger partial charge < -0.3 is 10.2 Å². The Kier molecular flexibility index (Phi) is 5.57. The van der Waals surface area contributed by atoms with Crippen LogP contribution in [0.25, 0.3) is 0 Å². The van der Waals surface area contributed by atoms with E-state index in [-0.39, 0.29) is 0 Å². The van der Waals surface area contributed by atoms with Crippen molar-refractivity contribution in [1.29, 1.82) is 0 Å². The first-order valence-electron chi connectivity index (χ1n) is 7.05. The van der Waals surface area contributed by atoms with E-state index < -0.39 is 0 Å². The monoisotopic (exact) mass is 309 g/mol. The van der Waals surface area contributed by atoms with Crippen molar-refractivity contribution < 1.29 is 0 Å². The molecule has 0 spiro atoms. The van der Waals surface area contributed by atoms with E-state index in [0.717, 1.165) is 24.8 Å². The molecule has 2 rings (SSSR count). The van der Waals surface area contributed by atoms with Gasteiger partial charge in [0.05, 0.1) is 12.2 Å². The lowest BCUT2D eigenvalue weighted by Gasteiger charge is -2.14. The number of thiazole rings is 1. The summed E-state index contributed by atoms with van der Waals surface area (Å²) in [7, 11) is 2.12. The standard InChI is InChI=1S/C15H23N3S2/c1-5-16-9-13-14(11(2)3)17-15(20-13)18(4)10-12-7-6-8-19-12/h6-8,11,16H,5,9-10H2,1-4H3. The fourth-order valence-electron chi connectivity index (χ4n) is 2.03. The third-order valence-electron chi connectivity index (χ3n) is 3.10. The van der Waals surface area contributed by atoms with Gasteiger partial charge in [-0.05, 0) is 23.9 Å². The van der Waals surface area contributed by atoms with E-state index in [1.165, 1.54) is 15.4 Å². The molecule has 0 saturated carbocycles. The molecule has 1 N–H and O–H groups in total. The molecule has 2 heterocycles. The Morgan fingerprint density at radius 1 is 1.40 bits per heavy atom. The number of nitrogens with zero attached hydrogens (tertiary/aromatic N) is 2. The highest BCUT2D eigenvalue weighted by atomic mass is 32.1. The molecule has 0 saturated heterocycles. The van der Waals surface area contributed by atoms with Crippen LogP contribution in [0.3, 0.4) is 0 Å². The second-order valence-corrected chi connectivity index (χ2v) is 7.27. The van der Waals surface area contributed by atoms with Gasteiger partial charge in [0.15, 0.2) is 5.13 Å². The number of nitrogens with one attached hydrogen (secondary N) is 1. The van der Waals surface area contributed by atoms with Crippen molar-refractivity contribution in [3.63, 3.8) is 0 Å². The van der Waals surface area contributed by atoms with Crippen LogP contribution in [0.5, 0.6) is 0 Å². The highest BCUT2D eigenvalue weighted by Gasteiger charge is 2.16. The summed E-state index contributed by atoms with van der Waals surface area (Å²) in [5, 5.41) is 6.66. The lowest BCUT2D eigenvalue weighted by atomic mass is 10.1. The minimum absolute atomic E-state index is 0.476. The molecule has 0 radical (unpaired) electrons. The van der Waals surface area contributed by atoms with Crippen LogP contribution < -0.4 is 10.2 Å². The summed E-state index contributed by atoms with van der Waals surface area (Å²) >= 11 is 3.61. The number of hydrogen-bond acceptors (Lipinski definition) is 5. The van der Waals surface area contributed by atoms with Gasteiger partial charge in [0.2, 0.25) is 0 Å². The summed E-state index contributed by atoms with van der Waals surface area (Å²) in [5.41, 5.74) is 1.24. The van der Waals surface area contributed by atoms with E-state index in [1.54, 1.807) is 11.3 Å². The molecule has 0 bridgehead atoms. The highest BCUT2D eigenvalue weighted by Crippen LogP contribution is 2.31. The molecule has 110 valence electrons. The van der Waals surface area contributed by atoms with Gasteiger partial charge in [-0.25, -0.2) is 4.98 Å². The van der Waals surface area contributed by atoms with Gasteiger partial charge in [-0.1, -0.05) is 26.8 Å². The van der Waals surface area contributed by atoms with Crippen molar-refractivity contribution in [2.24, 2.45) is 0 Å². The van der Waals surface area contributed by atoms with Crippen molar-refractivity contribution in [3.8, 4) is 0 Å². The molecular formula is C15H23N3S2. The van der Waals surface area contributed by atoms with Gasteiger partial charge in [-0.2, -0.15) is 0 Å². The van der Waals surface area contributed by atoms with Crippen LogP contribution in [0, 0.1) is 0 Å². The molecule has 0 aliphatic heterocycles. The normalized spacial score (nSPS) is 11.2. The average molecular weight is 310 g/mol. The minimum atomic E-state index is 0.476. The summed E-state index contributed by atoms with van der Waals surface area (Å²) in [6.07, 6.45) is 0. The summed E-state index contributed by atoms with van der Waals surface area (Å²) in [5.74, 6) is 0.476. The molecule has 0 aliphatic rings. The van der Waals surface area contributed by atoms with Gasteiger partial charge >= 0.3 is 0 Å². The van der Waals surface area contributed by atoms with E-state index in [0.29, 0.717) is 5.92 Å². The van der Waals surface area contributed by atoms with Crippen LogP contribution >= 0.6 is 22.7 Å². The Bertz CT molecular complexity index is 517. The SMILES string of the molecule is CCNCc1sc(N(C)Cc2cccs2)nc1C(C)C. The lowest BCUT2D eigenvalue weighted by molar-refractivity contribution is 0.713. The van der Waals surface area contributed by atoms with E-state index in [4.69, 9.17) is 4.98 Å². The number of rotatable bonds is 7. The molecule has 0 fully saturated rings. The highest BCUT2D eigenvalue weighted by molar-refractivity contribution is 7.15. The molecule has 0 aromatic carbocycles. The van der Waals surface area contributed by atoms with Crippen LogP contribution in [-0.2, 0) is 13.1 Å². The Morgan fingerprint density at radius 3 is 2.80 bits per heavy atom. The maximum atomic E-state index is 4.85. The second-order valence-electron chi connectivity index (χ2n) is 5.18. The lowest BCUT2D eigenvalue weighted by Crippen LogP contribution is -2.15. The van der Waals surface area contributed by atoms with E-state index >= 15 is 0 Å². The molecular weight excluding hydrogens is 286 g/mol. The topological polar surface area (TPSA) is 28.2 Å². The predicted molar refractivity (Wildman–Crippen MR) is 90.0 cm³/mol. The zero-order valence-electron chi connectivity index (χ0n) is 12.6. The Labute approximate surface area is 129 Å². The zero-order valence-corrected chi connectivity index (χ0v) is 14.3. The van der Waals surface area contributed by atoms with Gasteiger partial charge in [0, 0.05) is 23.3 Å². The quantitative estimate of drug-likeness (QED) is 0.835. The molecule has 0 aliphatic carbocycles. The number of anilines is 1. The molecule has 2 aromatic heterocycles. The zero-order chi connectivity index (χ0) is 14.5. The Hall–Kier alpha value is -0.910. The van der Waals surface area contributed by atoms with Crippen LogP contribution in [0.2, 0.25) is 0 Å². The fraction of sp³-hybridized carbons (Fsp3) is 0.533. The summed E-state index contributed by atoms with van der Waals surface area (Å²) < 4.78 is 0. The molecule has 0 amide bonds. The summed E-state index contributed by atoms with van der Waals surface area (Å²) in [6, 6.07) is 4.28. The van der Waals surface area contributed by atoms with Crippen LogP contribution in [0.15, 0.2) is 17.5 Å². The van der Waals surface area contributed by atoms with Crippen molar-refractivity contribution >= 4 is 27.8 Å². The molecule has 3 nitrogen and oxygen atoms in total. The minimum Gasteiger partial charge on any atom is -0.346 e. The van der Waals surface area contributed by atoms with Crippen molar-refractivity contribution in [3.05, 3.63) is 33.0 Å². The van der Waals surface area contributed by atoms with Crippen molar-refractivity contribution in [2.45, 2.75) is 39.8 Å². The Morgan fingerprint density at radius 2 is 2.20 bits per heavy atom. The molecule has 0 unspecified atom stereocenters. The molecule has 5 heteroatoms. The van der Waals surface area contributed by atoms with Gasteiger partial charge in [0.25, 0.3) is 0 Å². The van der Waals surface area contributed by atoms with Crippen molar-refractivity contribution in [1.82, 2.24) is 10.3 Å². The molecule has 0 atom stereocenters. The first-order valence-corrected chi connectivity index (χ1v) is 8.75. The van der Waals surface area contributed by atoms with Crippen LogP contribution in [0.1, 0.15) is 42.1 Å². The number of thiophene rings is 1. The van der Waals surface area contributed by atoms with Gasteiger partial charge in [-0.3, -0.25) is 0 Å². The largest absolute Gasteiger partial charge is 0.346 e. The molecule has 2 aromatic rings. The maximum Gasteiger partial charge on any atom is 0.185 e. The first-order chi connectivity index (χ1) is 9.61. The summed E-state index contributed by atoms with van der Waals surface area (Å²) in [6.45, 7) is 9.43. The third kappa shape index (κ3) is 3.81.